The molecule has 106 valence electrons. The summed E-state index contributed by atoms with van der Waals surface area (Å²) in [7, 11) is 0. The molecule has 2 aliphatic heterocycles. The molecule has 0 unspecified atom stereocenters. The summed E-state index contributed by atoms with van der Waals surface area (Å²) < 4.78 is 0. The van der Waals surface area contributed by atoms with Gasteiger partial charge in [0.25, 0.3) is 0 Å². The Labute approximate surface area is 114 Å². The zero-order chi connectivity index (χ0) is 13.1. The van der Waals surface area contributed by atoms with Gasteiger partial charge in [-0.2, -0.15) is 0 Å². The minimum atomic E-state index is 0.572. The third-order valence-electron chi connectivity index (χ3n) is 5.41. The second-order valence-electron chi connectivity index (χ2n) is 7.40. The molecule has 0 amide bonds. The largest absolute Gasteiger partial charge is 0.317 e. The highest BCUT2D eigenvalue weighted by Crippen LogP contribution is 2.36. The van der Waals surface area contributed by atoms with Crippen molar-refractivity contribution in [3.63, 3.8) is 0 Å². The van der Waals surface area contributed by atoms with Gasteiger partial charge in [-0.1, -0.05) is 20.8 Å². The number of nitrogens with zero attached hydrogens (tertiary/aromatic N) is 1. The Bertz CT molecular complexity index is 254. The van der Waals surface area contributed by atoms with Crippen molar-refractivity contribution in [1.29, 1.82) is 0 Å². The zero-order valence-corrected chi connectivity index (χ0v) is 12.7. The third kappa shape index (κ3) is 3.71. The molecule has 2 aliphatic rings. The van der Waals surface area contributed by atoms with Gasteiger partial charge in [0.2, 0.25) is 0 Å². The molecule has 2 fully saturated rings. The Morgan fingerprint density at radius 2 is 1.72 bits per heavy atom. The highest BCUT2D eigenvalue weighted by atomic mass is 15.1. The van der Waals surface area contributed by atoms with Gasteiger partial charge in [-0.3, -0.25) is 0 Å². The summed E-state index contributed by atoms with van der Waals surface area (Å²) in [6, 6.07) is 0. The maximum absolute atomic E-state index is 3.52. The fourth-order valence-corrected chi connectivity index (χ4v) is 3.69. The molecule has 0 spiro atoms. The first kappa shape index (κ1) is 14.3. The van der Waals surface area contributed by atoms with Crippen LogP contribution in [0.15, 0.2) is 0 Å². The van der Waals surface area contributed by atoms with E-state index in [0.717, 1.165) is 0 Å². The van der Waals surface area contributed by atoms with Crippen LogP contribution in [0.25, 0.3) is 0 Å². The summed E-state index contributed by atoms with van der Waals surface area (Å²) in [6.07, 6.45) is 8.29. The lowest BCUT2D eigenvalue weighted by Crippen LogP contribution is -2.44. The van der Waals surface area contributed by atoms with Gasteiger partial charge in [0.15, 0.2) is 0 Å². The first-order chi connectivity index (χ1) is 8.55. The smallest absolute Gasteiger partial charge is 0.00388 e. The quantitative estimate of drug-likeness (QED) is 0.829. The fourth-order valence-electron chi connectivity index (χ4n) is 3.69. The molecule has 0 aromatic carbocycles. The van der Waals surface area contributed by atoms with Gasteiger partial charge in [0.1, 0.15) is 0 Å². The second-order valence-corrected chi connectivity index (χ2v) is 7.40. The molecule has 2 rings (SSSR count). The van der Waals surface area contributed by atoms with Crippen molar-refractivity contribution in [3.8, 4) is 0 Å². The maximum atomic E-state index is 3.52. The normalized spacial score (nSPS) is 28.8. The average molecular weight is 252 g/mol. The number of hydrogen-bond donors (Lipinski definition) is 1. The Hall–Kier alpha value is -0.0800. The predicted octanol–water partition coefficient (Wildman–Crippen LogP) is 3.28. The number of rotatable bonds is 3. The summed E-state index contributed by atoms with van der Waals surface area (Å²) in [5, 5.41) is 3.52. The first-order valence-electron chi connectivity index (χ1n) is 7.98. The predicted molar refractivity (Wildman–Crippen MR) is 78.9 cm³/mol. The first-order valence-corrected chi connectivity index (χ1v) is 7.98. The van der Waals surface area contributed by atoms with Crippen LogP contribution in [0.2, 0.25) is 0 Å². The van der Waals surface area contributed by atoms with Crippen LogP contribution < -0.4 is 5.32 Å². The van der Waals surface area contributed by atoms with Crippen molar-refractivity contribution in [2.24, 2.45) is 10.8 Å². The summed E-state index contributed by atoms with van der Waals surface area (Å²) in [4.78, 5) is 2.77. The molecule has 0 radical (unpaired) electrons. The van der Waals surface area contributed by atoms with Gasteiger partial charge in [-0.25, -0.2) is 0 Å². The van der Waals surface area contributed by atoms with E-state index in [2.05, 4.69) is 31.0 Å². The van der Waals surface area contributed by atoms with E-state index < -0.39 is 0 Å². The van der Waals surface area contributed by atoms with Crippen molar-refractivity contribution >= 4 is 0 Å². The molecule has 0 saturated carbocycles. The Morgan fingerprint density at radius 3 is 2.39 bits per heavy atom. The molecule has 2 saturated heterocycles. The Balaban J connectivity index is 1.91. The second kappa shape index (κ2) is 5.92. The number of nitrogens with one attached hydrogen (secondary N) is 1. The maximum Gasteiger partial charge on any atom is 0.00388 e. The van der Waals surface area contributed by atoms with Crippen molar-refractivity contribution in [2.45, 2.75) is 59.3 Å². The summed E-state index contributed by atoms with van der Waals surface area (Å²) in [5.74, 6) is 0. The third-order valence-corrected chi connectivity index (χ3v) is 5.41. The molecule has 1 N–H and O–H groups in total. The lowest BCUT2D eigenvalue weighted by atomic mass is 9.76. The number of piperidine rings is 1. The van der Waals surface area contributed by atoms with E-state index in [1.807, 2.05) is 0 Å². The summed E-state index contributed by atoms with van der Waals surface area (Å²) in [6.45, 7) is 13.7. The van der Waals surface area contributed by atoms with Crippen LogP contribution in [0.1, 0.15) is 59.3 Å². The molecule has 2 nitrogen and oxygen atoms in total. The summed E-state index contributed by atoms with van der Waals surface area (Å²) >= 11 is 0. The minimum Gasteiger partial charge on any atom is -0.317 e. The van der Waals surface area contributed by atoms with Crippen LogP contribution in [0.5, 0.6) is 0 Å². The van der Waals surface area contributed by atoms with E-state index >= 15 is 0 Å². The highest BCUT2D eigenvalue weighted by molar-refractivity contribution is 4.88. The molecule has 0 aromatic rings. The van der Waals surface area contributed by atoms with Gasteiger partial charge in [-0.05, 0) is 75.5 Å². The molecule has 0 atom stereocenters. The summed E-state index contributed by atoms with van der Waals surface area (Å²) in [5.41, 5.74) is 1.18. The minimum absolute atomic E-state index is 0.572. The van der Waals surface area contributed by atoms with E-state index in [4.69, 9.17) is 0 Å². The highest BCUT2D eigenvalue weighted by Gasteiger charge is 2.33. The van der Waals surface area contributed by atoms with Crippen LogP contribution in [-0.4, -0.2) is 37.6 Å². The zero-order valence-electron chi connectivity index (χ0n) is 12.7. The molecule has 2 heteroatoms. The molecule has 0 aliphatic carbocycles. The van der Waals surface area contributed by atoms with Gasteiger partial charge >= 0.3 is 0 Å². The molecular weight excluding hydrogens is 220 g/mol. The van der Waals surface area contributed by atoms with E-state index in [1.54, 1.807) is 0 Å². The Morgan fingerprint density at radius 1 is 1.00 bits per heavy atom. The SMILES string of the molecule is CCC1(CN2CCCC(C)(C)CC2)CCNCC1. The van der Waals surface area contributed by atoms with E-state index in [1.165, 1.54) is 71.2 Å². The van der Waals surface area contributed by atoms with Crippen LogP contribution in [0.3, 0.4) is 0 Å². The van der Waals surface area contributed by atoms with E-state index in [0.29, 0.717) is 10.8 Å². The van der Waals surface area contributed by atoms with Crippen molar-refractivity contribution in [3.05, 3.63) is 0 Å². The van der Waals surface area contributed by atoms with Crippen molar-refractivity contribution in [1.82, 2.24) is 10.2 Å². The van der Waals surface area contributed by atoms with Crippen LogP contribution in [0, 0.1) is 10.8 Å². The fraction of sp³-hybridized carbons (Fsp3) is 1.00. The molecule has 18 heavy (non-hydrogen) atoms. The van der Waals surface area contributed by atoms with Crippen LogP contribution >= 0.6 is 0 Å². The topological polar surface area (TPSA) is 15.3 Å². The lowest BCUT2D eigenvalue weighted by Gasteiger charge is -2.41. The van der Waals surface area contributed by atoms with Crippen molar-refractivity contribution < 1.29 is 0 Å². The van der Waals surface area contributed by atoms with Crippen molar-refractivity contribution in [2.75, 3.05) is 32.7 Å². The monoisotopic (exact) mass is 252 g/mol. The van der Waals surface area contributed by atoms with Gasteiger partial charge in [0, 0.05) is 6.54 Å². The average Bonchev–Trinajstić information content (AvgIpc) is 2.52. The number of likely N-dealkylation sites (tertiary alicyclic amines) is 1. The van der Waals surface area contributed by atoms with Crippen LogP contribution in [0.4, 0.5) is 0 Å². The van der Waals surface area contributed by atoms with Gasteiger partial charge in [-0.15, -0.1) is 0 Å². The van der Waals surface area contributed by atoms with Gasteiger partial charge < -0.3 is 10.2 Å². The molecule has 2 heterocycles. The van der Waals surface area contributed by atoms with E-state index in [-0.39, 0.29) is 0 Å². The number of hydrogen-bond acceptors (Lipinski definition) is 2. The Kier molecular flexibility index (Phi) is 4.71. The lowest BCUT2D eigenvalue weighted by molar-refractivity contribution is 0.107. The van der Waals surface area contributed by atoms with Crippen LogP contribution in [-0.2, 0) is 0 Å². The molecule has 0 bridgehead atoms. The molecule has 0 aromatic heterocycles. The van der Waals surface area contributed by atoms with E-state index in [9.17, 15) is 0 Å². The van der Waals surface area contributed by atoms with Gasteiger partial charge in [0.05, 0.1) is 0 Å². The molecular formula is C16H32N2. The standard InChI is InChI=1S/C16H32N2/c1-4-16(7-10-17-11-8-16)14-18-12-5-6-15(2,3)9-13-18/h17H,4-14H2,1-3H3.